The summed E-state index contributed by atoms with van der Waals surface area (Å²) < 4.78 is 33.3. The van der Waals surface area contributed by atoms with E-state index in [1.807, 2.05) is 24.3 Å². The molecule has 2 aliphatic rings. The van der Waals surface area contributed by atoms with Crippen LogP contribution in [0, 0.1) is 5.82 Å². The van der Waals surface area contributed by atoms with Crippen molar-refractivity contribution in [2.24, 2.45) is 5.73 Å². The predicted octanol–water partition coefficient (Wildman–Crippen LogP) is 7.52. The Balaban J connectivity index is 1.50. The number of benzene rings is 3. The molecule has 0 unspecified atom stereocenters. The summed E-state index contributed by atoms with van der Waals surface area (Å²) in [6.45, 7) is 6.15. The van der Waals surface area contributed by atoms with Crippen molar-refractivity contribution in [1.82, 2.24) is 4.90 Å². The molecular weight excluding hydrogens is 502 g/mol. The third kappa shape index (κ3) is 5.79. The number of ether oxygens (including phenoxy) is 1. The van der Waals surface area contributed by atoms with Crippen molar-refractivity contribution in [3.63, 3.8) is 0 Å². The molecule has 1 heterocycles. The van der Waals surface area contributed by atoms with E-state index in [0.29, 0.717) is 12.1 Å². The van der Waals surface area contributed by atoms with Gasteiger partial charge in [0.1, 0.15) is 17.7 Å². The summed E-state index contributed by atoms with van der Waals surface area (Å²) in [4.78, 5) is 2.26. The van der Waals surface area contributed by atoms with Gasteiger partial charge in [0.25, 0.3) is 0 Å². The first-order chi connectivity index (χ1) is 18.4. The van der Waals surface area contributed by atoms with E-state index in [-0.39, 0.29) is 17.8 Å². The Hall–Kier alpha value is -3.15. The first-order valence-electron chi connectivity index (χ1n) is 13.2. The monoisotopic (exact) mass is 534 g/mol. The second-order valence-electron chi connectivity index (χ2n) is 10.1. The SMILES string of the molecule is C=C(N)c1ccc2c(c1)CCCC(c1ccc(Cl)c(F)c1)=C2c1ccc(O[C@H]2CCN(CCCF)C2)cc1. The van der Waals surface area contributed by atoms with Crippen LogP contribution in [0.15, 0.2) is 67.2 Å². The summed E-state index contributed by atoms with van der Waals surface area (Å²) in [6, 6.07) is 19.5. The summed E-state index contributed by atoms with van der Waals surface area (Å²) in [6.07, 6.45) is 4.24. The largest absolute Gasteiger partial charge is 0.489 e. The smallest absolute Gasteiger partial charge is 0.142 e. The second kappa shape index (κ2) is 11.7. The Morgan fingerprint density at radius 3 is 2.58 bits per heavy atom. The summed E-state index contributed by atoms with van der Waals surface area (Å²) >= 11 is 6.01. The molecule has 3 aromatic carbocycles. The molecule has 198 valence electrons. The molecule has 3 aromatic rings. The maximum absolute atomic E-state index is 14.5. The average Bonchev–Trinajstić information content (AvgIpc) is 3.27. The van der Waals surface area contributed by atoms with Crippen molar-refractivity contribution < 1.29 is 13.5 Å². The minimum absolute atomic E-state index is 0.105. The van der Waals surface area contributed by atoms with E-state index in [9.17, 15) is 8.78 Å². The van der Waals surface area contributed by atoms with Gasteiger partial charge < -0.3 is 10.5 Å². The van der Waals surface area contributed by atoms with Crippen LogP contribution >= 0.6 is 11.6 Å². The van der Waals surface area contributed by atoms with Gasteiger partial charge in [0.05, 0.1) is 11.7 Å². The standard InChI is InChI=1S/C32H33ClF2N2O/c1-21(36)23-8-12-29-24(18-23)4-2-5-28(25-9-13-30(33)31(35)19-25)32(29)22-6-10-26(11-7-22)38-27-14-17-37(20-27)16-3-15-34/h6-13,18-19,27H,1-5,14-17,20,36H2/t27-/m0/s1. The van der Waals surface area contributed by atoms with Gasteiger partial charge in [-0.15, -0.1) is 0 Å². The zero-order valence-electron chi connectivity index (χ0n) is 21.5. The van der Waals surface area contributed by atoms with Crippen LogP contribution in [0.2, 0.25) is 5.02 Å². The molecule has 1 fully saturated rings. The summed E-state index contributed by atoms with van der Waals surface area (Å²) in [5.41, 5.74) is 13.8. The zero-order valence-corrected chi connectivity index (χ0v) is 22.2. The van der Waals surface area contributed by atoms with Crippen LogP contribution in [0.1, 0.15) is 53.5 Å². The van der Waals surface area contributed by atoms with E-state index < -0.39 is 5.82 Å². The highest BCUT2D eigenvalue weighted by atomic mass is 35.5. The van der Waals surface area contributed by atoms with Crippen molar-refractivity contribution in [2.45, 2.75) is 38.2 Å². The number of fused-ring (bicyclic) bond motifs is 1. The molecule has 1 aliphatic heterocycles. The van der Waals surface area contributed by atoms with Gasteiger partial charge in [0.2, 0.25) is 0 Å². The van der Waals surface area contributed by atoms with Crippen LogP contribution < -0.4 is 10.5 Å². The van der Waals surface area contributed by atoms with Crippen LogP contribution in [0.3, 0.4) is 0 Å². The van der Waals surface area contributed by atoms with E-state index in [0.717, 1.165) is 84.5 Å². The molecule has 0 bridgehead atoms. The van der Waals surface area contributed by atoms with Crippen LogP contribution in [0.5, 0.6) is 5.75 Å². The maximum atomic E-state index is 14.5. The molecule has 0 saturated carbocycles. The topological polar surface area (TPSA) is 38.5 Å². The zero-order chi connectivity index (χ0) is 26.6. The van der Waals surface area contributed by atoms with Crippen molar-refractivity contribution in [2.75, 3.05) is 26.3 Å². The lowest BCUT2D eigenvalue weighted by Crippen LogP contribution is -2.26. The molecule has 0 amide bonds. The highest BCUT2D eigenvalue weighted by Crippen LogP contribution is 2.41. The number of nitrogens with zero attached hydrogens (tertiary/aromatic N) is 1. The molecule has 0 aromatic heterocycles. The molecule has 5 rings (SSSR count). The Labute approximate surface area is 228 Å². The van der Waals surface area contributed by atoms with Crippen molar-refractivity contribution in [1.29, 1.82) is 0 Å². The Kier molecular flexibility index (Phi) is 8.15. The molecule has 2 N–H and O–H groups in total. The molecule has 0 radical (unpaired) electrons. The van der Waals surface area contributed by atoms with E-state index in [1.165, 1.54) is 11.6 Å². The van der Waals surface area contributed by atoms with Crippen LogP contribution in [-0.4, -0.2) is 37.3 Å². The van der Waals surface area contributed by atoms with Gasteiger partial charge in [0.15, 0.2) is 0 Å². The normalized spacial score (nSPS) is 17.8. The maximum Gasteiger partial charge on any atom is 0.142 e. The first kappa shape index (κ1) is 26.5. The summed E-state index contributed by atoms with van der Waals surface area (Å²) in [5.74, 6) is 0.394. The van der Waals surface area contributed by atoms with Crippen LogP contribution in [0.25, 0.3) is 16.8 Å². The number of aryl methyl sites for hydroxylation is 1. The molecule has 0 spiro atoms. The van der Waals surface area contributed by atoms with Crippen LogP contribution in [-0.2, 0) is 6.42 Å². The minimum Gasteiger partial charge on any atom is -0.489 e. The van der Waals surface area contributed by atoms with Gasteiger partial charge in [-0.1, -0.05) is 48.5 Å². The van der Waals surface area contributed by atoms with Crippen molar-refractivity contribution in [3.8, 4) is 5.75 Å². The quantitative estimate of drug-likeness (QED) is 0.325. The number of halogens is 3. The molecule has 6 heteroatoms. The predicted molar refractivity (Wildman–Crippen MR) is 152 cm³/mol. The van der Waals surface area contributed by atoms with E-state index >= 15 is 0 Å². The third-order valence-electron chi connectivity index (χ3n) is 7.47. The minimum atomic E-state index is -0.420. The van der Waals surface area contributed by atoms with Crippen molar-refractivity contribution in [3.05, 3.63) is 106 Å². The van der Waals surface area contributed by atoms with E-state index in [1.54, 1.807) is 6.07 Å². The fourth-order valence-electron chi connectivity index (χ4n) is 5.56. The molecule has 1 aliphatic carbocycles. The molecule has 3 nitrogen and oxygen atoms in total. The van der Waals surface area contributed by atoms with E-state index in [2.05, 4.69) is 35.7 Å². The Morgan fingerprint density at radius 2 is 1.84 bits per heavy atom. The second-order valence-corrected chi connectivity index (χ2v) is 10.5. The number of hydrogen-bond acceptors (Lipinski definition) is 3. The lowest BCUT2D eigenvalue weighted by Gasteiger charge is -2.19. The Bertz CT molecular complexity index is 1350. The molecule has 38 heavy (non-hydrogen) atoms. The van der Waals surface area contributed by atoms with Gasteiger partial charge >= 0.3 is 0 Å². The number of likely N-dealkylation sites (tertiary alicyclic amines) is 1. The van der Waals surface area contributed by atoms with Gasteiger partial charge in [-0.3, -0.25) is 9.29 Å². The lowest BCUT2D eigenvalue weighted by atomic mass is 9.87. The summed E-state index contributed by atoms with van der Waals surface area (Å²) in [5, 5.41) is 0.118. The molecular formula is C32H33ClF2N2O. The van der Waals surface area contributed by atoms with Gasteiger partial charge in [-0.2, -0.15) is 0 Å². The molecule has 1 atom stereocenters. The van der Waals surface area contributed by atoms with Crippen LogP contribution in [0.4, 0.5) is 8.78 Å². The van der Waals surface area contributed by atoms with Gasteiger partial charge in [0, 0.05) is 25.3 Å². The Morgan fingerprint density at radius 1 is 1.05 bits per heavy atom. The first-order valence-corrected chi connectivity index (χ1v) is 13.6. The number of rotatable bonds is 8. The van der Waals surface area contributed by atoms with E-state index in [4.69, 9.17) is 22.1 Å². The lowest BCUT2D eigenvalue weighted by molar-refractivity contribution is 0.198. The highest BCUT2D eigenvalue weighted by Gasteiger charge is 2.24. The number of nitrogens with two attached hydrogens (primary N) is 1. The number of allylic oxidation sites excluding steroid dienone is 1. The highest BCUT2D eigenvalue weighted by molar-refractivity contribution is 6.30. The molecule has 1 saturated heterocycles. The average molecular weight is 535 g/mol. The fourth-order valence-corrected chi connectivity index (χ4v) is 5.68. The number of alkyl halides is 1. The summed E-state index contributed by atoms with van der Waals surface area (Å²) in [7, 11) is 0. The van der Waals surface area contributed by atoms with Gasteiger partial charge in [-0.05, 0) is 101 Å². The fraction of sp³-hybridized carbons (Fsp3) is 0.312. The third-order valence-corrected chi connectivity index (χ3v) is 7.78. The van der Waals surface area contributed by atoms with Crippen molar-refractivity contribution >= 4 is 28.4 Å². The van der Waals surface area contributed by atoms with Gasteiger partial charge in [-0.25, -0.2) is 4.39 Å². The number of hydrogen-bond donors (Lipinski definition) is 1.